The Kier molecular flexibility index (Phi) is 1.59. The molecule has 0 amide bonds. The molecule has 7 heavy (non-hydrogen) atoms. The van der Waals surface area contributed by atoms with Gasteiger partial charge in [0.15, 0.2) is 6.73 Å². The molecule has 1 saturated heterocycles. The van der Waals surface area contributed by atoms with Crippen molar-refractivity contribution in [2.24, 2.45) is 0 Å². The summed E-state index contributed by atoms with van der Waals surface area (Å²) in [5, 5.41) is 1.55. The van der Waals surface area contributed by atoms with Crippen molar-refractivity contribution >= 4 is 0 Å². The van der Waals surface area contributed by atoms with Gasteiger partial charge in [0.1, 0.15) is 0 Å². The molecule has 4 nitrogen and oxygen atoms in total. The smallest absolute Gasteiger partial charge is 0.201 e. The highest BCUT2D eigenvalue weighted by Crippen LogP contribution is 1.93. The van der Waals surface area contributed by atoms with E-state index in [-0.39, 0.29) is 6.79 Å². The van der Waals surface area contributed by atoms with Gasteiger partial charge in [0, 0.05) is 7.05 Å². The zero-order valence-corrected chi connectivity index (χ0v) is 4.09. The lowest BCUT2D eigenvalue weighted by Gasteiger charge is -2.19. The molecule has 0 aromatic rings. The molecule has 0 saturated carbocycles. The Morgan fingerprint density at radius 1 is 1.43 bits per heavy atom. The Morgan fingerprint density at radius 3 is 2.57 bits per heavy atom. The van der Waals surface area contributed by atoms with E-state index in [0.29, 0.717) is 6.73 Å². The first kappa shape index (κ1) is 4.99. The van der Waals surface area contributed by atoms with Gasteiger partial charge in [-0.25, -0.2) is 9.78 Å². The maximum absolute atomic E-state index is 4.76. The minimum atomic E-state index is 0.191. The molecule has 0 aliphatic carbocycles. The average Bonchev–Trinajstić information content (AvgIpc) is 1.69. The van der Waals surface area contributed by atoms with Crippen LogP contribution >= 0.6 is 0 Å². The highest BCUT2D eigenvalue weighted by molar-refractivity contribution is 4.15. The molecule has 1 fully saturated rings. The van der Waals surface area contributed by atoms with Gasteiger partial charge in [-0.3, -0.25) is 4.84 Å². The molecule has 0 atom stereocenters. The van der Waals surface area contributed by atoms with Gasteiger partial charge in [-0.05, 0) is 0 Å². The summed E-state index contributed by atoms with van der Waals surface area (Å²) in [5.74, 6) is 0. The summed E-state index contributed by atoms with van der Waals surface area (Å²) in [6, 6.07) is 0. The summed E-state index contributed by atoms with van der Waals surface area (Å²) in [4.78, 5) is 13.6. The third-order valence-electron chi connectivity index (χ3n) is 0.639. The van der Waals surface area contributed by atoms with Crippen LogP contribution in [0.3, 0.4) is 0 Å². The summed E-state index contributed by atoms with van der Waals surface area (Å²) >= 11 is 0. The van der Waals surface area contributed by atoms with Crippen LogP contribution in [0.2, 0.25) is 0 Å². The minimum absolute atomic E-state index is 0.191. The third-order valence-corrected chi connectivity index (χ3v) is 0.639. The first-order valence-electron chi connectivity index (χ1n) is 1.98. The third kappa shape index (κ3) is 1.40. The lowest BCUT2D eigenvalue weighted by Crippen LogP contribution is -2.28. The summed E-state index contributed by atoms with van der Waals surface area (Å²) in [7, 11) is 1.77. The van der Waals surface area contributed by atoms with Gasteiger partial charge in [0.05, 0.1) is 0 Å². The normalized spacial score (nSPS) is 25.3. The van der Waals surface area contributed by atoms with Crippen LogP contribution in [-0.4, -0.2) is 25.6 Å². The molecule has 1 rings (SSSR count). The Bertz CT molecular complexity index is 52.1. The number of rotatable bonds is 0. The quantitative estimate of drug-likeness (QED) is 0.397. The Hall–Kier alpha value is -0.160. The van der Waals surface area contributed by atoms with E-state index < -0.39 is 0 Å². The fourth-order valence-electron chi connectivity index (χ4n) is 0.294. The van der Waals surface area contributed by atoms with Gasteiger partial charge in [0.2, 0.25) is 6.79 Å². The topological polar surface area (TPSA) is 30.9 Å². The molecule has 0 unspecified atom stereocenters. The Labute approximate surface area is 41.4 Å². The summed E-state index contributed by atoms with van der Waals surface area (Å²) < 4.78 is 0. The van der Waals surface area contributed by atoms with Crippen molar-refractivity contribution < 1.29 is 14.6 Å². The van der Waals surface area contributed by atoms with Crippen LogP contribution in [0.25, 0.3) is 0 Å². The molecule has 0 radical (unpaired) electrons. The van der Waals surface area contributed by atoms with Crippen molar-refractivity contribution in [1.29, 1.82) is 0 Å². The molecule has 0 bridgehead atoms. The second-order valence-corrected chi connectivity index (χ2v) is 1.24. The summed E-state index contributed by atoms with van der Waals surface area (Å²) in [6.45, 7) is 0.566. The van der Waals surface area contributed by atoms with E-state index in [0.717, 1.165) is 0 Å². The predicted molar refractivity (Wildman–Crippen MR) is 20.8 cm³/mol. The fourth-order valence-corrected chi connectivity index (χ4v) is 0.294. The second-order valence-electron chi connectivity index (χ2n) is 1.24. The highest BCUT2D eigenvalue weighted by atomic mass is 17.2. The molecule has 4 heteroatoms. The van der Waals surface area contributed by atoms with Gasteiger partial charge in [-0.15, -0.1) is 0 Å². The highest BCUT2D eigenvalue weighted by Gasteiger charge is 2.03. The van der Waals surface area contributed by atoms with Crippen LogP contribution in [0, 0.1) is 0 Å². The molecular formula is C3H7NO3. The standard InChI is InChI=1S/C3H7NO3/c1-4-2-6-7-3-5-4/h2-3H2,1H3. The molecule has 0 aromatic carbocycles. The number of hydroxylamine groups is 2. The molecular weight excluding hydrogens is 98.0 g/mol. The molecule has 42 valence electrons. The summed E-state index contributed by atoms with van der Waals surface area (Å²) in [6.07, 6.45) is 0. The lowest BCUT2D eigenvalue weighted by molar-refractivity contribution is -0.453. The first-order chi connectivity index (χ1) is 3.39. The maximum Gasteiger partial charge on any atom is 0.201 e. The predicted octanol–water partition coefficient (Wildman–Crippen LogP) is -0.273. The van der Waals surface area contributed by atoms with Crippen LogP contribution < -0.4 is 0 Å². The fraction of sp³-hybridized carbons (Fsp3) is 1.00. The van der Waals surface area contributed by atoms with Gasteiger partial charge in [-0.2, -0.15) is 5.06 Å². The lowest BCUT2D eigenvalue weighted by atomic mass is 11.1. The summed E-state index contributed by atoms with van der Waals surface area (Å²) in [5.41, 5.74) is 0. The van der Waals surface area contributed by atoms with E-state index in [1.54, 1.807) is 12.1 Å². The van der Waals surface area contributed by atoms with Crippen LogP contribution in [0.15, 0.2) is 0 Å². The van der Waals surface area contributed by atoms with E-state index in [1.807, 2.05) is 0 Å². The molecule has 1 aliphatic heterocycles. The van der Waals surface area contributed by atoms with Crippen molar-refractivity contribution in [3.63, 3.8) is 0 Å². The molecule has 0 aromatic heterocycles. The maximum atomic E-state index is 4.76. The largest absolute Gasteiger partial charge is 0.265 e. The number of nitrogens with zero attached hydrogens (tertiary/aromatic N) is 1. The Balaban J connectivity index is 2.12. The van der Waals surface area contributed by atoms with E-state index in [2.05, 4.69) is 9.78 Å². The van der Waals surface area contributed by atoms with E-state index in [9.17, 15) is 0 Å². The van der Waals surface area contributed by atoms with E-state index in [1.165, 1.54) is 0 Å². The van der Waals surface area contributed by atoms with Gasteiger partial charge in [0.25, 0.3) is 0 Å². The average molecular weight is 105 g/mol. The first-order valence-corrected chi connectivity index (χ1v) is 1.98. The monoisotopic (exact) mass is 105 g/mol. The van der Waals surface area contributed by atoms with E-state index in [4.69, 9.17) is 4.84 Å². The number of hydrogen-bond acceptors (Lipinski definition) is 4. The zero-order chi connectivity index (χ0) is 5.11. The molecule has 0 N–H and O–H groups in total. The molecule has 1 aliphatic rings. The van der Waals surface area contributed by atoms with Gasteiger partial charge in [-0.1, -0.05) is 0 Å². The van der Waals surface area contributed by atoms with Crippen LogP contribution in [0.4, 0.5) is 0 Å². The van der Waals surface area contributed by atoms with E-state index >= 15 is 0 Å². The molecule has 1 heterocycles. The van der Waals surface area contributed by atoms with Crippen molar-refractivity contribution in [3.05, 3.63) is 0 Å². The van der Waals surface area contributed by atoms with Crippen molar-refractivity contribution in [3.8, 4) is 0 Å². The van der Waals surface area contributed by atoms with Crippen LogP contribution in [0.1, 0.15) is 0 Å². The minimum Gasteiger partial charge on any atom is -0.265 e. The van der Waals surface area contributed by atoms with Crippen molar-refractivity contribution in [1.82, 2.24) is 5.06 Å². The molecule has 0 spiro atoms. The van der Waals surface area contributed by atoms with Gasteiger partial charge < -0.3 is 0 Å². The van der Waals surface area contributed by atoms with Crippen LogP contribution in [0.5, 0.6) is 0 Å². The zero-order valence-electron chi connectivity index (χ0n) is 4.09. The van der Waals surface area contributed by atoms with Crippen LogP contribution in [-0.2, 0) is 14.6 Å². The Morgan fingerprint density at radius 2 is 2.29 bits per heavy atom. The van der Waals surface area contributed by atoms with Crippen molar-refractivity contribution in [2.75, 3.05) is 20.6 Å². The van der Waals surface area contributed by atoms with Gasteiger partial charge >= 0.3 is 0 Å². The second kappa shape index (κ2) is 2.23. The van der Waals surface area contributed by atoms with Crippen molar-refractivity contribution in [2.45, 2.75) is 0 Å². The number of hydrogen-bond donors (Lipinski definition) is 0. The SMILES string of the molecule is CN1COOCO1.